The van der Waals surface area contributed by atoms with Gasteiger partial charge < -0.3 is 10.4 Å². The zero-order valence-corrected chi connectivity index (χ0v) is 9.73. The molecule has 1 heterocycles. The highest BCUT2D eigenvalue weighted by Crippen LogP contribution is 2.31. The molecule has 0 aromatic rings. The second kappa shape index (κ2) is 4.67. The van der Waals surface area contributed by atoms with E-state index in [1.54, 1.807) is 0 Å². The van der Waals surface area contributed by atoms with Gasteiger partial charge in [0.15, 0.2) is 0 Å². The summed E-state index contributed by atoms with van der Waals surface area (Å²) in [6.45, 7) is 7.82. The quantitative estimate of drug-likeness (QED) is 0.708. The van der Waals surface area contributed by atoms with Crippen molar-refractivity contribution in [3.63, 3.8) is 0 Å². The molecule has 88 valence electrons. The third-order valence-corrected chi connectivity index (χ3v) is 3.15. The number of nitrogens with one attached hydrogen (secondary N) is 1. The molecule has 0 spiro atoms. The van der Waals surface area contributed by atoms with E-state index >= 15 is 0 Å². The van der Waals surface area contributed by atoms with E-state index in [4.69, 9.17) is 10.4 Å². The molecular formula is C12H18N2O2. The molecule has 4 heteroatoms. The van der Waals surface area contributed by atoms with Crippen LogP contribution in [0.2, 0.25) is 0 Å². The number of carboxylic acid groups (broad SMARTS) is 1. The van der Waals surface area contributed by atoms with Gasteiger partial charge in [0.2, 0.25) is 0 Å². The highest BCUT2D eigenvalue weighted by molar-refractivity contribution is 5.74. The lowest BCUT2D eigenvalue weighted by Gasteiger charge is -2.25. The molecule has 1 aliphatic heterocycles. The van der Waals surface area contributed by atoms with Gasteiger partial charge in [-0.2, -0.15) is 5.26 Å². The van der Waals surface area contributed by atoms with E-state index in [0.717, 1.165) is 6.42 Å². The molecule has 1 aliphatic rings. The summed E-state index contributed by atoms with van der Waals surface area (Å²) in [7, 11) is 0. The van der Waals surface area contributed by atoms with Crippen molar-refractivity contribution in [3.8, 4) is 6.07 Å². The molecule has 0 radical (unpaired) electrons. The van der Waals surface area contributed by atoms with Gasteiger partial charge in [0.1, 0.15) is 6.04 Å². The standard InChI is InChI=1S/C12H18N2O2/c1-4-12(2,3)6-10-8(7-13)5-9(14-10)11(15)16/h4,8-10,14H,1,5-6H2,2-3H3,(H,15,16). The van der Waals surface area contributed by atoms with Crippen molar-refractivity contribution in [1.29, 1.82) is 5.26 Å². The Hall–Kier alpha value is -1.34. The summed E-state index contributed by atoms with van der Waals surface area (Å²) in [5, 5.41) is 20.9. The van der Waals surface area contributed by atoms with Crippen LogP contribution in [0.1, 0.15) is 26.7 Å². The second-order valence-electron chi connectivity index (χ2n) is 5.03. The number of allylic oxidation sites excluding steroid dienone is 1. The highest BCUT2D eigenvalue weighted by Gasteiger charge is 2.39. The van der Waals surface area contributed by atoms with Gasteiger partial charge in [-0.25, -0.2) is 0 Å². The zero-order chi connectivity index (χ0) is 12.3. The van der Waals surface area contributed by atoms with Crippen molar-refractivity contribution in [2.45, 2.75) is 38.8 Å². The number of hydrogen-bond acceptors (Lipinski definition) is 3. The number of rotatable bonds is 4. The van der Waals surface area contributed by atoms with Crippen LogP contribution in [0.5, 0.6) is 0 Å². The summed E-state index contributed by atoms with van der Waals surface area (Å²) < 4.78 is 0. The number of aliphatic carboxylic acids is 1. The Balaban J connectivity index is 2.70. The molecule has 1 rings (SSSR count). The first-order valence-corrected chi connectivity index (χ1v) is 5.41. The number of nitrogens with zero attached hydrogens (tertiary/aromatic N) is 1. The van der Waals surface area contributed by atoms with Crippen molar-refractivity contribution in [1.82, 2.24) is 5.32 Å². The molecule has 3 unspecified atom stereocenters. The molecular weight excluding hydrogens is 204 g/mol. The number of carboxylic acids is 1. The number of carbonyl (C=O) groups is 1. The molecule has 0 aliphatic carbocycles. The maximum absolute atomic E-state index is 10.9. The summed E-state index contributed by atoms with van der Waals surface area (Å²) in [5.74, 6) is -1.10. The summed E-state index contributed by atoms with van der Waals surface area (Å²) >= 11 is 0. The molecule has 3 atom stereocenters. The minimum atomic E-state index is -0.876. The van der Waals surface area contributed by atoms with Gasteiger partial charge in [0.05, 0.1) is 12.0 Å². The van der Waals surface area contributed by atoms with Crippen molar-refractivity contribution >= 4 is 5.97 Å². The number of nitriles is 1. The molecule has 4 nitrogen and oxygen atoms in total. The lowest BCUT2D eigenvalue weighted by atomic mass is 9.82. The molecule has 1 saturated heterocycles. The fourth-order valence-electron chi connectivity index (χ4n) is 2.03. The maximum Gasteiger partial charge on any atom is 0.320 e. The average Bonchev–Trinajstić information content (AvgIpc) is 2.60. The topological polar surface area (TPSA) is 73.1 Å². The van der Waals surface area contributed by atoms with Gasteiger partial charge in [-0.15, -0.1) is 6.58 Å². The zero-order valence-electron chi connectivity index (χ0n) is 9.73. The van der Waals surface area contributed by atoms with E-state index in [1.165, 1.54) is 0 Å². The second-order valence-corrected chi connectivity index (χ2v) is 5.03. The summed E-state index contributed by atoms with van der Waals surface area (Å²) in [6, 6.07) is 1.54. The Morgan fingerprint density at radius 3 is 2.81 bits per heavy atom. The van der Waals surface area contributed by atoms with Crippen LogP contribution in [-0.2, 0) is 4.79 Å². The molecule has 16 heavy (non-hydrogen) atoms. The fraction of sp³-hybridized carbons (Fsp3) is 0.667. The normalized spacial score (nSPS) is 29.7. The van der Waals surface area contributed by atoms with E-state index in [1.807, 2.05) is 19.9 Å². The monoisotopic (exact) mass is 222 g/mol. The van der Waals surface area contributed by atoms with Crippen LogP contribution in [0.25, 0.3) is 0 Å². The Morgan fingerprint density at radius 2 is 2.38 bits per heavy atom. The van der Waals surface area contributed by atoms with Crippen molar-refractivity contribution < 1.29 is 9.90 Å². The van der Waals surface area contributed by atoms with Crippen LogP contribution in [0, 0.1) is 22.7 Å². The Kier molecular flexibility index (Phi) is 3.71. The van der Waals surface area contributed by atoms with Crippen molar-refractivity contribution in [2.24, 2.45) is 11.3 Å². The van der Waals surface area contributed by atoms with Crippen LogP contribution in [0.4, 0.5) is 0 Å². The summed E-state index contributed by atoms with van der Waals surface area (Å²) in [4.78, 5) is 10.9. The first-order chi connectivity index (χ1) is 7.39. The molecule has 0 amide bonds. The van der Waals surface area contributed by atoms with Gasteiger partial charge in [0.25, 0.3) is 0 Å². The third-order valence-electron chi connectivity index (χ3n) is 3.15. The predicted octanol–water partition coefficient (Wildman–Crippen LogP) is 1.54. The molecule has 0 aromatic carbocycles. The van der Waals surface area contributed by atoms with Gasteiger partial charge in [-0.1, -0.05) is 19.9 Å². The van der Waals surface area contributed by atoms with Gasteiger partial charge in [-0.3, -0.25) is 4.79 Å². The third kappa shape index (κ3) is 2.83. The van der Waals surface area contributed by atoms with Gasteiger partial charge in [0, 0.05) is 6.04 Å². The smallest absolute Gasteiger partial charge is 0.320 e. The van der Waals surface area contributed by atoms with E-state index in [9.17, 15) is 4.79 Å². The van der Waals surface area contributed by atoms with Crippen LogP contribution in [0.15, 0.2) is 12.7 Å². The Bertz CT molecular complexity index is 330. The number of hydrogen-bond donors (Lipinski definition) is 2. The first-order valence-electron chi connectivity index (χ1n) is 5.41. The molecule has 2 N–H and O–H groups in total. The van der Waals surface area contributed by atoms with E-state index in [0.29, 0.717) is 6.42 Å². The van der Waals surface area contributed by atoms with Crippen LogP contribution >= 0.6 is 0 Å². The Labute approximate surface area is 96.0 Å². The minimum absolute atomic E-state index is 0.0564. The van der Waals surface area contributed by atoms with E-state index < -0.39 is 12.0 Å². The van der Waals surface area contributed by atoms with E-state index in [-0.39, 0.29) is 17.4 Å². The van der Waals surface area contributed by atoms with E-state index in [2.05, 4.69) is 18.0 Å². The lowest BCUT2D eigenvalue weighted by molar-refractivity contribution is -0.139. The molecule has 0 saturated carbocycles. The van der Waals surface area contributed by atoms with Crippen molar-refractivity contribution in [2.75, 3.05) is 0 Å². The summed E-state index contributed by atoms with van der Waals surface area (Å²) in [5.41, 5.74) is -0.0832. The van der Waals surface area contributed by atoms with Crippen LogP contribution in [-0.4, -0.2) is 23.2 Å². The predicted molar refractivity (Wildman–Crippen MR) is 60.7 cm³/mol. The van der Waals surface area contributed by atoms with Crippen molar-refractivity contribution in [3.05, 3.63) is 12.7 Å². The first kappa shape index (κ1) is 12.7. The highest BCUT2D eigenvalue weighted by atomic mass is 16.4. The lowest BCUT2D eigenvalue weighted by Crippen LogP contribution is -2.38. The van der Waals surface area contributed by atoms with Gasteiger partial charge >= 0.3 is 5.97 Å². The minimum Gasteiger partial charge on any atom is -0.480 e. The fourth-order valence-corrected chi connectivity index (χ4v) is 2.03. The van der Waals surface area contributed by atoms with Gasteiger partial charge in [-0.05, 0) is 18.3 Å². The largest absolute Gasteiger partial charge is 0.480 e. The Morgan fingerprint density at radius 1 is 1.75 bits per heavy atom. The van der Waals surface area contributed by atoms with Crippen LogP contribution < -0.4 is 5.32 Å². The molecule has 0 bridgehead atoms. The molecule has 1 fully saturated rings. The molecule has 0 aromatic heterocycles. The summed E-state index contributed by atoms with van der Waals surface area (Å²) in [6.07, 6.45) is 2.97. The SMILES string of the molecule is C=CC(C)(C)CC1NC(C(=O)O)CC1C#N. The van der Waals surface area contributed by atoms with Crippen LogP contribution in [0.3, 0.4) is 0 Å². The maximum atomic E-state index is 10.9. The average molecular weight is 222 g/mol.